The predicted molar refractivity (Wildman–Crippen MR) is 98.7 cm³/mol. The van der Waals surface area contributed by atoms with Crippen LogP contribution >= 0.6 is 0 Å². The normalized spacial score (nSPS) is 10.6. The second-order valence-electron chi connectivity index (χ2n) is 5.41. The Morgan fingerprint density at radius 1 is 0.880 bits per heavy atom. The second kappa shape index (κ2) is 8.45. The summed E-state index contributed by atoms with van der Waals surface area (Å²) >= 11 is 0. The van der Waals surface area contributed by atoms with E-state index in [1.807, 2.05) is 72.8 Å². The molecule has 4 nitrogen and oxygen atoms in total. The number of nitrogens with one attached hydrogen (secondary N) is 1. The monoisotopic (exact) mass is 330 g/mol. The van der Waals surface area contributed by atoms with Crippen molar-refractivity contribution in [3.63, 3.8) is 0 Å². The van der Waals surface area contributed by atoms with Gasteiger partial charge in [-0.05, 0) is 35.4 Å². The van der Waals surface area contributed by atoms with E-state index >= 15 is 0 Å². The number of para-hydroxylation sites is 1. The van der Waals surface area contributed by atoms with Crippen LogP contribution in [0.1, 0.15) is 21.5 Å². The third kappa shape index (κ3) is 5.04. The zero-order valence-corrected chi connectivity index (χ0v) is 13.6. The van der Waals surface area contributed by atoms with Gasteiger partial charge in [0.15, 0.2) is 0 Å². The van der Waals surface area contributed by atoms with Crippen molar-refractivity contribution in [3.8, 4) is 5.75 Å². The van der Waals surface area contributed by atoms with E-state index in [1.165, 1.54) is 0 Å². The van der Waals surface area contributed by atoms with E-state index in [4.69, 9.17) is 4.74 Å². The SMILES string of the molecule is O=C(N/N=C\c1ccccc1)c1ccc(COc2ccccc2)cc1. The highest BCUT2D eigenvalue weighted by Crippen LogP contribution is 2.12. The van der Waals surface area contributed by atoms with Crippen molar-refractivity contribution in [2.24, 2.45) is 5.10 Å². The van der Waals surface area contributed by atoms with Crippen LogP contribution < -0.4 is 10.2 Å². The first-order valence-electron chi connectivity index (χ1n) is 7.96. The molecular formula is C21H18N2O2. The molecule has 0 heterocycles. The quantitative estimate of drug-likeness (QED) is 0.548. The fraction of sp³-hybridized carbons (Fsp3) is 0.0476. The van der Waals surface area contributed by atoms with Crippen molar-refractivity contribution in [1.82, 2.24) is 5.43 Å². The lowest BCUT2D eigenvalue weighted by Gasteiger charge is -2.06. The Labute approximate surface area is 146 Å². The molecule has 3 aromatic carbocycles. The topological polar surface area (TPSA) is 50.7 Å². The second-order valence-corrected chi connectivity index (χ2v) is 5.41. The lowest BCUT2D eigenvalue weighted by Crippen LogP contribution is -2.17. The van der Waals surface area contributed by atoms with Gasteiger partial charge in [0, 0.05) is 5.56 Å². The van der Waals surface area contributed by atoms with E-state index in [0.29, 0.717) is 12.2 Å². The molecule has 0 aliphatic heterocycles. The van der Waals surface area contributed by atoms with Crippen LogP contribution in [0.2, 0.25) is 0 Å². The van der Waals surface area contributed by atoms with E-state index < -0.39 is 0 Å². The lowest BCUT2D eigenvalue weighted by molar-refractivity contribution is 0.0955. The van der Waals surface area contributed by atoms with Crippen molar-refractivity contribution >= 4 is 12.1 Å². The Balaban J connectivity index is 1.52. The molecule has 1 amide bonds. The smallest absolute Gasteiger partial charge is 0.271 e. The number of amides is 1. The average molecular weight is 330 g/mol. The molecule has 1 N–H and O–H groups in total. The van der Waals surface area contributed by atoms with E-state index in [1.54, 1.807) is 18.3 Å². The summed E-state index contributed by atoms with van der Waals surface area (Å²) in [6, 6.07) is 26.5. The van der Waals surface area contributed by atoms with Crippen LogP contribution in [0.15, 0.2) is 90.0 Å². The van der Waals surface area contributed by atoms with Gasteiger partial charge in [-0.15, -0.1) is 0 Å². The van der Waals surface area contributed by atoms with Crippen molar-refractivity contribution in [2.75, 3.05) is 0 Å². The molecule has 0 aliphatic rings. The number of hydrogen-bond acceptors (Lipinski definition) is 3. The molecular weight excluding hydrogens is 312 g/mol. The highest BCUT2D eigenvalue weighted by atomic mass is 16.5. The number of benzene rings is 3. The summed E-state index contributed by atoms with van der Waals surface area (Å²) in [6.45, 7) is 0.456. The summed E-state index contributed by atoms with van der Waals surface area (Å²) in [5.41, 5.74) is 4.99. The van der Waals surface area contributed by atoms with Gasteiger partial charge < -0.3 is 4.74 Å². The highest BCUT2D eigenvalue weighted by molar-refractivity contribution is 5.94. The zero-order chi connectivity index (χ0) is 17.3. The van der Waals surface area contributed by atoms with Crippen molar-refractivity contribution in [1.29, 1.82) is 0 Å². The highest BCUT2D eigenvalue weighted by Gasteiger charge is 2.04. The van der Waals surface area contributed by atoms with E-state index in [-0.39, 0.29) is 5.91 Å². The van der Waals surface area contributed by atoms with Crippen LogP contribution in [0.4, 0.5) is 0 Å². The minimum atomic E-state index is -0.247. The van der Waals surface area contributed by atoms with Gasteiger partial charge in [0.1, 0.15) is 12.4 Å². The van der Waals surface area contributed by atoms with Crippen LogP contribution in [-0.2, 0) is 6.61 Å². The summed E-state index contributed by atoms with van der Waals surface area (Å²) < 4.78 is 5.68. The Morgan fingerprint density at radius 2 is 1.52 bits per heavy atom. The number of nitrogens with zero attached hydrogens (tertiary/aromatic N) is 1. The molecule has 0 fully saturated rings. The standard InChI is InChI=1S/C21H18N2O2/c24-21(23-22-15-17-7-3-1-4-8-17)19-13-11-18(12-14-19)16-25-20-9-5-2-6-10-20/h1-15H,16H2,(H,23,24)/b22-15-. The molecule has 0 unspecified atom stereocenters. The van der Waals surface area contributed by atoms with Gasteiger partial charge in [0.25, 0.3) is 5.91 Å². The first-order valence-corrected chi connectivity index (χ1v) is 7.96. The molecule has 124 valence electrons. The zero-order valence-electron chi connectivity index (χ0n) is 13.6. The maximum Gasteiger partial charge on any atom is 0.271 e. The third-order valence-electron chi connectivity index (χ3n) is 3.54. The van der Waals surface area contributed by atoms with Crippen LogP contribution in [0.5, 0.6) is 5.75 Å². The number of hydrazone groups is 1. The Kier molecular flexibility index (Phi) is 5.56. The molecule has 0 radical (unpaired) electrons. The maximum absolute atomic E-state index is 12.1. The molecule has 0 spiro atoms. The number of carbonyl (C=O) groups is 1. The van der Waals surface area contributed by atoms with Gasteiger partial charge in [-0.3, -0.25) is 4.79 Å². The molecule has 0 aliphatic carbocycles. The van der Waals surface area contributed by atoms with Crippen LogP contribution in [0.25, 0.3) is 0 Å². The number of ether oxygens (including phenoxy) is 1. The molecule has 0 bridgehead atoms. The molecule has 0 aromatic heterocycles. The van der Waals surface area contributed by atoms with Gasteiger partial charge in [0.05, 0.1) is 6.21 Å². The maximum atomic E-state index is 12.1. The predicted octanol–water partition coefficient (Wildman–Crippen LogP) is 4.03. The summed E-state index contributed by atoms with van der Waals surface area (Å²) in [5, 5.41) is 3.97. The Hall–Kier alpha value is -3.40. The molecule has 0 saturated carbocycles. The molecule has 3 aromatic rings. The Morgan fingerprint density at radius 3 is 2.20 bits per heavy atom. The number of carbonyl (C=O) groups excluding carboxylic acids is 1. The van der Waals surface area contributed by atoms with Crippen LogP contribution in [0, 0.1) is 0 Å². The molecule has 3 rings (SSSR count). The van der Waals surface area contributed by atoms with Crippen LogP contribution in [0.3, 0.4) is 0 Å². The van der Waals surface area contributed by atoms with Gasteiger partial charge in [-0.25, -0.2) is 5.43 Å². The largest absolute Gasteiger partial charge is 0.489 e. The average Bonchev–Trinajstić information content (AvgIpc) is 2.68. The summed E-state index contributed by atoms with van der Waals surface area (Å²) in [5.74, 6) is 0.572. The molecule has 25 heavy (non-hydrogen) atoms. The lowest BCUT2D eigenvalue weighted by atomic mass is 10.1. The minimum absolute atomic E-state index is 0.247. The van der Waals surface area contributed by atoms with E-state index in [2.05, 4.69) is 10.5 Å². The van der Waals surface area contributed by atoms with Gasteiger partial charge in [0.2, 0.25) is 0 Å². The summed E-state index contributed by atoms with van der Waals surface area (Å²) in [6.07, 6.45) is 1.61. The summed E-state index contributed by atoms with van der Waals surface area (Å²) in [4.78, 5) is 12.1. The number of hydrogen-bond donors (Lipinski definition) is 1. The molecule has 0 atom stereocenters. The van der Waals surface area contributed by atoms with Crippen LogP contribution in [-0.4, -0.2) is 12.1 Å². The van der Waals surface area contributed by atoms with Crippen molar-refractivity contribution in [3.05, 3.63) is 102 Å². The minimum Gasteiger partial charge on any atom is -0.489 e. The molecule has 4 heteroatoms. The third-order valence-corrected chi connectivity index (χ3v) is 3.54. The van der Waals surface area contributed by atoms with Gasteiger partial charge in [-0.2, -0.15) is 5.10 Å². The van der Waals surface area contributed by atoms with Crippen molar-refractivity contribution < 1.29 is 9.53 Å². The molecule has 0 saturated heterocycles. The van der Waals surface area contributed by atoms with E-state index in [0.717, 1.165) is 16.9 Å². The first-order chi connectivity index (χ1) is 12.3. The fourth-order valence-corrected chi connectivity index (χ4v) is 2.20. The van der Waals surface area contributed by atoms with E-state index in [9.17, 15) is 4.79 Å². The fourth-order valence-electron chi connectivity index (χ4n) is 2.20. The van der Waals surface area contributed by atoms with Gasteiger partial charge in [-0.1, -0.05) is 60.7 Å². The number of rotatable bonds is 6. The first kappa shape index (κ1) is 16.5. The van der Waals surface area contributed by atoms with Gasteiger partial charge >= 0.3 is 0 Å². The summed E-state index contributed by atoms with van der Waals surface area (Å²) in [7, 11) is 0. The Bertz CT molecular complexity index is 829. The van der Waals surface area contributed by atoms with Crippen molar-refractivity contribution in [2.45, 2.75) is 6.61 Å².